The summed E-state index contributed by atoms with van der Waals surface area (Å²) in [4.78, 5) is 0. The highest BCUT2D eigenvalue weighted by atomic mass is 127. The van der Waals surface area contributed by atoms with Crippen LogP contribution >= 0.6 is 20.7 Å². The molecule has 48 valence electrons. The van der Waals surface area contributed by atoms with Gasteiger partial charge in [0.1, 0.15) is 5.75 Å². The summed E-state index contributed by atoms with van der Waals surface area (Å²) in [5.41, 5.74) is 0. The largest absolute Gasteiger partial charge is 0.508 e. The van der Waals surface area contributed by atoms with Crippen molar-refractivity contribution < 1.29 is 5.11 Å². The Balaban J connectivity index is 3.01. The van der Waals surface area contributed by atoms with Gasteiger partial charge in [0.05, 0.1) is 0 Å². The lowest BCUT2D eigenvalue weighted by Crippen LogP contribution is -1.66. The molecule has 0 aromatic heterocycles. The van der Waals surface area contributed by atoms with E-state index in [-0.39, 0.29) is 20.7 Å². The van der Waals surface area contributed by atoms with Gasteiger partial charge in [-0.3, -0.25) is 0 Å². The van der Waals surface area contributed by atoms with Gasteiger partial charge < -0.3 is 5.11 Å². The average Bonchev–Trinajstić information content (AvgIpc) is 1.90. The second kappa shape index (κ2) is 2.96. The lowest BCUT2D eigenvalue weighted by atomic mass is 10.3. The van der Waals surface area contributed by atoms with Crippen molar-refractivity contribution in [2.24, 2.45) is 0 Å². The van der Waals surface area contributed by atoms with Gasteiger partial charge in [0, 0.05) is 3.57 Å². The maximum atomic E-state index is 8.84. The van der Waals surface area contributed by atoms with Crippen molar-refractivity contribution in [3.05, 3.63) is 27.8 Å². The highest BCUT2D eigenvalue weighted by Crippen LogP contribution is 2.13. The molecule has 1 nitrogen and oxygen atoms in total. The Bertz CT molecular complexity index is 203. The molecule has 0 saturated heterocycles. The summed E-state index contributed by atoms with van der Waals surface area (Å²) in [6.45, 7) is 0. The molecule has 0 unspecified atom stereocenters. The van der Waals surface area contributed by atoms with E-state index in [2.05, 4.69) is 4.51 Å². The van der Waals surface area contributed by atoms with Crippen molar-refractivity contribution in [3.8, 4) is 5.75 Å². The van der Waals surface area contributed by atoms with E-state index in [1.165, 1.54) is 3.57 Å². The SMILES string of the molecule is C=Ic1ccc(O)cc1. The fraction of sp³-hybridized carbons (Fsp3) is 0. The van der Waals surface area contributed by atoms with E-state index >= 15 is 0 Å². The molecule has 0 aliphatic carbocycles. The first kappa shape index (κ1) is 6.74. The summed E-state index contributed by atoms with van der Waals surface area (Å²) < 4.78 is 5.07. The highest BCUT2D eigenvalue weighted by molar-refractivity contribution is 14.2. The van der Waals surface area contributed by atoms with E-state index in [1.807, 2.05) is 12.1 Å². The van der Waals surface area contributed by atoms with Crippen LogP contribution in [0.15, 0.2) is 24.3 Å². The molecule has 0 aliphatic rings. The molecule has 1 N–H and O–H groups in total. The molecule has 9 heavy (non-hydrogen) atoms. The molecular weight excluding hydrogens is 227 g/mol. The van der Waals surface area contributed by atoms with Crippen LogP contribution < -0.4 is 0 Å². The van der Waals surface area contributed by atoms with Crippen molar-refractivity contribution >= 4 is 25.2 Å². The van der Waals surface area contributed by atoms with Gasteiger partial charge in [-0.15, -0.1) is 0 Å². The Morgan fingerprint density at radius 1 is 1.22 bits per heavy atom. The molecule has 0 saturated carbocycles. The van der Waals surface area contributed by atoms with Crippen LogP contribution in [0, 0.1) is 3.57 Å². The number of halogens is 1. The van der Waals surface area contributed by atoms with E-state index in [4.69, 9.17) is 5.11 Å². The highest BCUT2D eigenvalue weighted by Gasteiger charge is 1.84. The second-order valence-corrected chi connectivity index (χ2v) is 3.62. The average molecular weight is 234 g/mol. The minimum absolute atomic E-state index is 0.0645. The number of benzene rings is 1. The van der Waals surface area contributed by atoms with Gasteiger partial charge in [-0.1, -0.05) is 25.2 Å². The number of rotatable bonds is 1. The molecule has 0 fully saturated rings. The van der Waals surface area contributed by atoms with Gasteiger partial charge in [-0.05, 0) is 24.3 Å². The predicted octanol–water partition coefficient (Wildman–Crippen LogP) is 1.96. The smallest absolute Gasteiger partial charge is 0.115 e. The number of aromatic hydroxyl groups is 1. The van der Waals surface area contributed by atoms with Gasteiger partial charge in [0.15, 0.2) is 0 Å². The van der Waals surface area contributed by atoms with Gasteiger partial charge >= 0.3 is 0 Å². The summed E-state index contributed by atoms with van der Waals surface area (Å²) in [6.07, 6.45) is 0. The van der Waals surface area contributed by atoms with Crippen molar-refractivity contribution in [3.63, 3.8) is 0 Å². The van der Waals surface area contributed by atoms with E-state index in [0.717, 1.165) is 0 Å². The predicted molar refractivity (Wildman–Crippen MR) is 47.9 cm³/mol. The quantitative estimate of drug-likeness (QED) is 0.736. The van der Waals surface area contributed by atoms with Crippen molar-refractivity contribution in [2.45, 2.75) is 0 Å². The molecule has 1 aromatic rings. The first-order valence-corrected chi connectivity index (χ1v) is 5.11. The van der Waals surface area contributed by atoms with Crippen LogP contribution in [0.25, 0.3) is 0 Å². The van der Waals surface area contributed by atoms with Crippen LogP contribution in [0.4, 0.5) is 0 Å². The minimum Gasteiger partial charge on any atom is -0.508 e. The van der Waals surface area contributed by atoms with Crippen LogP contribution in [0.5, 0.6) is 5.75 Å². The Kier molecular flexibility index (Phi) is 2.22. The van der Waals surface area contributed by atoms with Crippen LogP contribution in [-0.2, 0) is 0 Å². The zero-order valence-electron chi connectivity index (χ0n) is 4.84. The van der Waals surface area contributed by atoms with Crippen LogP contribution in [0.2, 0.25) is 0 Å². The first-order valence-electron chi connectivity index (χ1n) is 2.50. The molecule has 0 heterocycles. The lowest BCUT2D eigenvalue weighted by Gasteiger charge is -1.90. The zero-order valence-corrected chi connectivity index (χ0v) is 7.00. The maximum Gasteiger partial charge on any atom is 0.115 e. The zero-order chi connectivity index (χ0) is 6.69. The number of phenols is 1. The fourth-order valence-corrected chi connectivity index (χ4v) is 1.40. The third kappa shape index (κ3) is 1.78. The molecule has 0 radical (unpaired) electrons. The Labute approximate surface area is 64.1 Å². The molecule has 1 rings (SSSR count). The van der Waals surface area contributed by atoms with Crippen molar-refractivity contribution in [1.29, 1.82) is 0 Å². The van der Waals surface area contributed by atoms with E-state index in [1.54, 1.807) is 12.1 Å². The molecule has 0 atom stereocenters. The van der Waals surface area contributed by atoms with Gasteiger partial charge in [0.2, 0.25) is 0 Å². The third-order valence-corrected chi connectivity index (χ3v) is 2.58. The molecule has 0 bridgehead atoms. The maximum absolute atomic E-state index is 8.84. The Morgan fingerprint density at radius 3 is 2.22 bits per heavy atom. The molecule has 1 aromatic carbocycles. The van der Waals surface area contributed by atoms with Crippen LogP contribution in [-0.4, -0.2) is 9.62 Å². The minimum atomic E-state index is -0.0645. The van der Waals surface area contributed by atoms with Crippen molar-refractivity contribution in [1.82, 2.24) is 0 Å². The molecule has 0 spiro atoms. The normalized spacial score (nSPS) is 9.33. The summed E-state index contributed by atoms with van der Waals surface area (Å²) in [5.74, 6) is 0.330. The summed E-state index contributed by atoms with van der Waals surface area (Å²) in [6, 6.07) is 7.21. The summed E-state index contributed by atoms with van der Waals surface area (Å²) in [7, 11) is 0. The topological polar surface area (TPSA) is 20.2 Å². The summed E-state index contributed by atoms with van der Waals surface area (Å²) >= 11 is -0.0645. The summed E-state index contributed by atoms with van der Waals surface area (Å²) in [5, 5.41) is 8.84. The van der Waals surface area contributed by atoms with E-state index < -0.39 is 0 Å². The Hall–Kier alpha value is -0.380. The van der Waals surface area contributed by atoms with E-state index in [9.17, 15) is 0 Å². The van der Waals surface area contributed by atoms with Gasteiger partial charge in [0.25, 0.3) is 0 Å². The second-order valence-electron chi connectivity index (χ2n) is 1.61. The first-order chi connectivity index (χ1) is 4.33. The number of hydrogen-bond acceptors (Lipinski definition) is 1. The molecular formula is C7H7IO. The Morgan fingerprint density at radius 2 is 1.78 bits per heavy atom. The van der Waals surface area contributed by atoms with E-state index in [0.29, 0.717) is 5.75 Å². The van der Waals surface area contributed by atoms with Gasteiger partial charge in [-0.2, -0.15) is 0 Å². The lowest BCUT2D eigenvalue weighted by molar-refractivity contribution is 0.475. The molecule has 0 aliphatic heterocycles. The third-order valence-electron chi connectivity index (χ3n) is 0.981. The van der Waals surface area contributed by atoms with Crippen molar-refractivity contribution in [2.75, 3.05) is 0 Å². The van der Waals surface area contributed by atoms with Crippen LogP contribution in [0.1, 0.15) is 0 Å². The molecule has 2 heteroatoms. The van der Waals surface area contributed by atoms with Gasteiger partial charge in [-0.25, -0.2) is 0 Å². The fourth-order valence-electron chi connectivity index (χ4n) is 0.530. The van der Waals surface area contributed by atoms with Crippen LogP contribution in [0.3, 0.4) is 0 Å². The standard InChI is InChI=1S/C7H7IO/c1-8-6-2-4-7(9)5-3-6/h2-5,9H,1H2. The monoisotopic (exact) mass is 234 g/mol. The number of phenolic OH excluding ortho intramolecular Hbond substituents is 1. The number of hydrogen-bond donors (Lipinski definition) is 1. The molecule has 0 amide bonds.